The van der Waals surface area contributed by atoms with Gasteiger partial charge in [0.2, 0.25) is 0 Å². The smallest absolute Gasteiger partial charge is 0.324 e. The number of carboxylic acid groups (broad SMARTS) is 1. The summed E-state index contributed by atoms with van der Waals surface area (Å²) >= 11 is 3.15. The van der Waals surface area contributed by atoms with Crippen LogP contribution >= 0.6 is 15.9 Å². The van der Waals surface area contributed by atoms with Gasteiger partial charge in [0.25, 0.3) is 0 Å². The van der Waals surface area contributed by atoms with Crippen molar-refractivity contribution in [1.82, 2.24) is 0 Å². The molecule has 0 amide bonds. The first-order valence-corrected chi connectivity index (χ1v) is 4.32. The molecule has 0 aromatic heterocycles. The first-order valence-electron chi connectivity index (χ1n) is 3.53. The maximum atomic E-state index is 10.8. The van der Waals surface area contributed by atoms with Crippen LogP contribution in [0.1, 0.15) is 12.5 Å². The fraction of sp³-hybridized carbons (Fsp3) is 0.222. The van der Waals surface area contributed by atoms with Crippen molar-refractivity contribution in [2.24, 2.45) is 0 Å². The number of aliphatic carboxylic acids is 1. The average molecular weight is 229 g/mol. The summed E-state index contributed by atoms with van der Waals surface area (Å²) in [6, 6.07) is 9.05. The predicted molar refractivity (Wildman–Crippen MR) is 50.4 cm³/mol. The predicted octanol–water partition coefficient (Wildman–Crippen LogP) is 2.38. The van der Waals surface area contributed by atoms with Gasteiger partial charge in [-0.2, -0.15) is 0 Å². The van der Waals surface area contributed by atoms with Gasteiger partial charge in [-0.3, -0.25) is 4.79 Å². The van der Waals surface area contributed by atoms with E-state index >= 15 is 0 Å². The Morgan fingerprint density at radius 1 is 1.42 bits per heavy atom. The third-order valence-electron chi connectivity index (χ3n) is 1.72. The molecule has 0 fully saturated rings. The average Bonchev–Trinajstić information content (AvgIpc) is 2.06. The molecular weight excluding hydrogens is 220 g/mol. The van der Waals surface area contributed by atoms with Gasteiger partial charge in [-0.05, 0) is 12.5 Å². The van der Waals surface area contributed by atoms with E-state index in [1.165, 1.54) is 0 Å². The van der Waals surface area contributed by atoms with Crippen molar-refractivity contribution in [3.05, 3.63) is 35.9 Å². The van der Waals surface area contributed by atoms with E-state index in [4.69, 9.17) is 5.11 Å². The number of carboxylic acids is 1. The lowest BCUT2D eigenvalue weighted by Gasteiger charge is -2.16. The van der Waals surface area contributed by atoms with Crippen molar-refractivity contribution in [2.45, 2.75) is 11.2 Å². The SMILES string of the molecule is C[C@@](Br)(C(=O)O)c1ccccc1. The fourth-order valence-corrected chi connectivity index (χ4v) is 1.14. The van der Waals surface area contributed by atoms with Crippen LogP contribution in [0.2, 0.25) is 0 Å². The summed E-state index contributed by atoms with van der Waals surface area (Å²) in [5.41, 5.74) is 0.748. The summed E-state index contributed by atoms with van der Waals surface area (Å²) in [6.07, 6.45) is 0. The summed E-state index contributed by atoms with van der Waals surface area (Å²) in [5.74, 6) is -0.881. The molecule has 64 valence electrons. The molecule has 3 heteroatoms. The van der Waals surface area contributed by atoms with Crippen LogP contribution in [-0.2, 0) is 9.12 Å². The number of hydrogen-bond acceptors (Lipinski definition) is 1. The van der Waals surface area contributed by atoms with E-state index in [0.29, 0.717) is 0 Å². The summed E-state index contributed by atoms with van der Waals surface area (Å²) < 4.78 is -0.978. The van der Waals surface area contributed by atoms with Crippen LogP contribution in [-0.4, -0.2) is 11.1 Å². The lowest BCUT2D eigenvalue weighted by molar-refractivity contribution is -0.139. The number of halogens is 1. The quantitative estimate of drug-likeness (QED) is 0.790. The Labute approximate surface area is 79.3 Å². The minimum atomic E-state index is -0.978. The monoisotopic (exact) mass is 228 g/mol. The Morgan fingerprint density at radius 3 is 2.33 bits per heavy atom. The molecule has 0 saturated carbocycles. The molecule has 1 aromatic rings. The molecule has 0 heterocycles. The number of rotatable bonds is 2. The molecule has 0 bridgehead atoms. The Hall–Kier alpha value is -0.830. The number of benzene rings is 1. The first-order chi connectivity index (χ1) is 5.55. The van der Waals surface area contributed by atoms with E-state index in [1.54, 1.807) is 19.1 Å². The molecule has 0 unspecified atom stereocenters. The van der Waals surface area contributed by atoms with Crippen molar-refractivity contribution in [3.63, 3.8) is 0 Å². The maximum absolute atomic E-state index is 10.8. The lowest BCUT2D eigenvalue weighted by Crippen LogP contribution is -2.24. The van der Waals surface area contributed by atoms with Gasteiger partial charge in [0, 0.05) is 0 Å². The van der Waals surface area contributed by atoms with Gasteiger partial charge in [0.05, 0.1) is 0 Å². The topological polar surface area (TPSA) is 37.3 Å². The molecule has 2 nitrogen and oxygen atoms in total. The highest BCUT2D eigenvalue weighted by Crippen LogP contribution is 2.30. The van der Waals surface area contributed by atoms with Gasteiger partial charge < -0.3 is 5.11 Å². The van der Waals surface area contributed by atoms with E-state index in [9.17, 15) is 4.79 Å². The highest BCUT2D eigenvalue weighted by Gasteiger charge is 2.31. The highest BCUT2D eigenvalue weighted by molar-refractivity contribution is 9.10. The summed E-state index contributed by atoms with van der Waals surface area (Å²) in [4.78, 5) is 10.8. The molecular formula is C9H9BrO2. The molecule has 1 rings (SSSR count). The van der Waals surface area contributed by atoms with Crippen LogP contribution in [0.5, 0.6) is 0 Å². The lowest BCUT2D eigenvalue weighted by atomic mass is 10.0. The highest BCUT2D eigenvalue weighted by atomic mass is 79.9. The van der Waals surface area contributed by atoms with Gasteiger partial charge >= 0.3 is 5.97 Å². The van der Waals surface area contributed by atoms with Crippen LogP contribution in [0, 0.1) is 0 Å². The second kappa shape index (κ2) is 3.27. The van der Waals surface area contributed by atoms with Crippen molar-refractivity contribution in [3.8, 4) is 0 Å². The summed E-state index contributed by atoms with van der Waals surface area (Å²) in [5, 5.41) is 8.85. The van der Waals surface area contributed by atoms with Crippen molar-refractivity contribution < 1.29 is 9.90 Å². The van der Waals surface area contributed by atoms with Crippen LogP contribution in [0.3, 0.4) is 0 Å². The molecule has 0 aliphatic heterocycles. The Bertz CT molecular complexity index is 280. The normalized spacial score (nSPS) is 15.2. The van der Waals surface area contributed by atoms with Gasteiger partial charge in [0.15, 0.2) is 0 Å². The number of hydrogen-bond donors (Lipinski definition) is 1. The van der Waals surface area contributed by atoms with Crippen LogP contribution in [0.4, 0.5) is 0 Å². The Kier molecular flexibility index (Phi) is 2.52. The molecule has 0 saturated heterocycles. The van der Waals surface area contributed by atoms with E-state index in [0.717, 1.165) is 5.56 Å². The van der Waals surface area contributed by atoms with Gasteiger partial charge in [0.1, 0.15) is 4.32 Å². The molecule has 0 aliphatic carbocycles. The fourth-order valence-electron chi connectivity index (χ4n) is 0.875. The zero-order valence-corrected chi connectivity index (χ0v) is 8.21. The summed E-state index contributed by atoms with van der Waals surface area (Å²) in [6.45, 7) is 1.62. The van der Waals surface area contributed by atoms with Gasteiger partial charge in [-0.1, -0.05) is 46.3 Å². The third kappa shape index (κ3) is 1.67. The van der Waals surface area contributed by atoms with Crippen molar-refractivity contribution in [1.29, 1.82) is 0 Å². The molecule has 0 aliphatic rings. The number of carbonyl (C=O) groups is 1. The second-order valence-corrected chi connectivity index (χ2v) is 4.26. The van der Waals surface area contributed by atoms with Gasteiger partial charge in [-0.15, -0.1) is 0 Å². The second-order valence-electron chi connectivity index (χ2n) is 2.67. The largest absolute Gasteiger partial charge is 0.480 e. The molecule has 1 atom stereocenters. The van der Waals surface area contributed by atoms with Crippen molar-refractivity contribution >= 4 is 21.9 Å². The third-order valence-corrected chi connectivity index (χ3v) is 2.51. The molecule has 12 heavy (non-hydrogen) atoms. The standard InChI is InChI=1S/C9H9BrO2/c1-9(10,8(11)12)7-5-3-2-4-6-7/h2-6H,1H3,(H,11,12)/t9-/m0/s1. The Morgan fingerprint density at radius 2 is 1.92 bits per heavy atom. The van der Waals surface area contributed by atoms with Crippen LogP contribution in [0.15, 0.2) is 30.3 Å². The zero-order chi connectivity index (χ0) is 9.19. The Balaban J connectivity index is 3.06. The molecule has 0 spiro atoms. The minimum absolute atomic E-state index is 0.748. The maximum Gasteiger partial charge on any atom is 0.324 e. The summed E-state index contributed by atoms with van der Waals surface area (Å²) in [7, 11) is 0. The minimum Gasteiger partial charge on any atom is -0.480 e. The number of alkyl halides is 1. The van der Waals surface area contributed by atoms with Crippen LogP contribution < -0.4 is 0 Å². The van der Waals surface area contributed by atoms with Crippen LogP contribution in [0.25, 0.3) is 0 Å². The zero-order valence-electron chi connectivity index (χ0n) is 6.62. The van der Waals surface area contributed by atoms with Crippen molar-refractivity contribution in [2.75, 3.05) is 0 Å². The van der Waals surface area contributed by atoms with Gasteiger partial charge in [-0.25, -0.2) is 0 Å². The molecule has 1 aromatic carbocycles. The molecule has 1 N–H and O–H groups in total. The van der Waals surface area contributed by atoms with E-state index in [1.807, 2.05) is 18.2 Å². The van der Waals surface area contributed by atoms with E-state index < -0.39 is 10.3 Å². The molecule has 0 radical (unpaired) electrons. The van der Waals surface area contributed by atoms with E-state index in [2.05, 4.69) is 15.9 Å². The van der Waals surface area contributed by atoms with E-state index in [-0.39, 0.29) is 0 Å². The first kappa shape index (κ1) is 9.26.